The molecule has 23 N–H and O–H groups in total. The number of amides is 7. The molecule has 1 saturated heterocycles. The average molecular weight is 963 g/mol. The number of likely N-dealkylation sites (N-methyl/N-ethyl adjacent to an activating group) is 1. The monoisotopic (exact) mass is 963 g/mol. The van der Waals surface area contributed by atoms with Crippen LogP contribution < -0.4 is 76.5 Å². The molecule has 1 aliphatic rings. The number of nitrogens with one attached hydrogen (secondary N) is 9. The van der Waals surface area contributed by atoms with Gasteiger partial charge in [0.15, 0.2) is 6.10 Å². The fourth-order valence-electron chi connectivity index (χ4n) is 6.80. The molecular weight excluding hydrogens is 881 g/mol. The van der Waals surface area contributed by atoms with Gasteiger partial charge >= 0.3 is 0 Å². The lowest BCUT2D eigenvalue weighted by Crippen LogP contribution is -2.60. The highest BCUT2D eigenvalue weighted by molar-refractivity contribution is 5.95. The van der Waals surface area contributed by atoms with E-state index in [0.717, 1.165) is 25.9 Å². The second-order valence-electron chi connectivity index (χ2n) is 16.7. The normalized spacial score (nSPS) is 19.5. The zero-order valence-corrected chi connectivity index (χ0v) is 39.1. The summed E-state index contributed by atoms with van der Waals surface area (Å²) in [6.45, 7) is 3.64. The first-order chi connectivity index (χ1) is 31.9. The Morgan fingerprint density at radius 1 is 0.672 bits per heavy atom. The molecule has 11 unspecified atom stereocenters. The summed E-state index contributed by atoms with van der Waals surface area (Å²) in [4.78, 5) is 90.4. The third kappa shape index (κ3) is 25.1. The van der Waals surface area contributed by atoms with Gasteiger partial charge in [-0.25, -0.2) is 0 Å². The molecule has 0 radical (unpaired) electrons. The average Bonchev–Trinajstić information content (AvgIpc) is 3.29. The molecule has 0 bridgehead atoms. The molecule has 1 rings (SSSR count). The van der Waals surface area contributed by atoms with Crippen LogP contribution in [-0.4, -0.2) is 201 Å². The molecule has 26 nitrogen and oxygen atoms in total. The second kappa shape index (κ2) is 35.0. The van der Waals surface area contributed by atoms with Crippen LogP contribution in [0, 0.1) is 0 Å². The van der Waals surface area contributed by atoms with Crippen LogP contribution >= 0.6 is 0 Å². The molecule has 0 spiro atoms. The van der Waals surface area contributed by atoms with Gasteiger partial charge in [0.1, 0.15) is 24.2 Å². The summed E-state index contributed by atoms with van der Waals surface area (Å²) in [6, 6.07) is -6.61. The largest absolute Gasteiger partial charge is 0.391 e. The van der Waals surface area contributed by atoms with E-state index >= 15 is 0 Å². The molecule has 26 heteroatoms. The molecule has 388 valence electrons. The summed E-state index contributed by atoms with van der Waals surface area (Å²) in [5, 5.41) is 65.7. The molecule has 1 heterocycles. The molecule has 0 saturated carbocycles. The van der Waals surface area contributed by atoms with Crippen molar-refractivity contribution in [1.82, 2.24) is 47.9 Å². The van der Waals surface area contributed by atoms with Gasteiger partial charge in [-0.1, -0.05) is 6.42 Å². The molecule has 0 aromatic carbocycles. The van der Waals surface area contributed by atoms with Gasteiger partial charge in [0.05, 0.1) is 50.0 Å². The predicted molar refractivity (Wildman–Crippen MR) is 247 cm³/mol. The molecule has 0 aromatic rings. The van der Waals surface area contributed by atoms with Gasteiger partial charge in [-0.3, -0.25) is 33.6 Å². The molecule has 1 aliphatic heterocycles. The van der Waals surface area contributed by atoms with E-state index in [1.165, 1.54) is 6.92 Å². The number of aliphatic hydroxyl groups is 4. The summed E-state index contributed by atoms with van der Waals surface area (Å²) in [5.74, 6) is -5.10. The van der Waals surface area contributed by atoms with E-state index in [1.54, 1.807) is 7.05 Å². The summed E-state index contributed by atoms with van der Waals surface area (Å²) >= 11 is 0. The van der Waals surface area contributed by atoms with Gasteiger partial charge in [-0.05, 0) is 91.6 Å². The number of ether oxygens (including phenoxy) is 1. The minimum absolute atomic E-state index is 0.0613. The zero-order chi connectivity index (χ0) is 50.3. The standard InChI is InChI=1S/C41H82N14O12/c1-24(51-41(66)36(61)33(58)19-31(56)26(46)9-3-4-11-42)37(62)54-28(20-45)40(65)53-27(10-7-13-44)39(64)55-30-23-67-25(17-32(30)57)18-34(59)52-29(21-47-2)38(63)50-22-35(60)49-16-8-15-48-14-6-5-12-43/h24-33,36,47-48,56-58,61H,3-23,42-46H2,1-2H3,(H,49,60)(H,50,63)(H,51,66)(H,52,59)(H,53,65)(H,54,62)(H,55,64). The molecule has 67 heavy (non-hydrogen) atoms. The highest BCUT2D eigenvalue weighted by Crippen LogP contribution is 2.18. The number of carbonyl (C=O) groups excluding carboxylic acids is 7. The highest BCUT2D eigenvalue weighted by Gasteiger charge is 2.36. The number of aliphatic hydroxyl groups excluding tert-OH is 4. The SMILES string of the molecule is CNCC(NC(=O)CC1CC(O)C(NC(=O)C(CCCN)NC(=O)C(CN)NC(=O)C(C)NC(=O)C(O)C(O)CC(O)C(N)CCCCN)CO1)C(=O)NCC(=O)NCCCNCCCCN. The number of nitrogens with two attached hydrogens (primary N) is 5. The van der Waals surface area contributed by atoms with Gasteiger partial charge in [-0.2, -0.15) is 0 Å². The minimum Gasteiger partial charge on any atom is -0.391 e. The lowest BCUT2D eigenvalue weighted by molar-refractivity contribution is -0.140. The van der Waals surface area contributed by atoms with Crippen LogP contribution in [-0.2, 0) is 38.3 Å². The van der Waals surface area contributed by atoms with Crippen molar-refractivity contribution in [2.75, 3.05) is 72.6 Å². The highest BCUT2D eigenvalue weighted by atomic mass is 16.5. The second-order valence-corrected chi connectivity index (χ2v) is 16.7. The Kier molecular flexibility index (Phi) is 31.8. The van der Waals surface area contributed by atoms with Gasteiger partial charge in [0.25, 0.3) is 5.91 Å². The van der Waals surface area contributed by atoms with Crippen LogP contribution in [0.5, 0.6) is 0 Å². The van der Waals surface area contributed by atoms with E-state index in [9.17, 15) is 54.0 Å². The van der Waals surface area contributed by atoms with Gasteiger partial charge in [-0.15, -0.1) is 0 Å². The van der Waals surface area contributed by atoms with Crippen LogP contribution in [0.3, 0.4) is 0 Å². The van der Waals surface area contributed by atoms with E-state index in [1.807, 2.05) is 0 Å². The van der Waals surface area contributed by atoms with Crippen molar-refractivity contribution < 1.29 is 58.7 Å². The number of rotatable bonds is 36. The van der Waals surface area contributed by atoms with Crippen molar-refractivity contribution in [2.24, 2.45) is 28.7 Å². The van der Waals surface area contributed by atoms with Gasteiger partial charge in [0, 0.05) is 38.5 Å². The Morgan fingerprint density at radius 2 is 1.33 bits per heavy atom. The van der Waals surface area contributed by atoms with Crippen LogP contribution in [0.15, 0.2) is 0 Å². The first kappa shape index (κ1) is 60.8. The van der Waals surface area contributed by atoms with E-state index in [0.29, 0.717) is 51.7 Å². The summed E-state index contributed by atoms with van der Waals surface area (Å²) < 4.78 is 5.79. The van der Waals surface area contributed by atoms with Gasteiger partial charge < -0.3 is 102 Å². The third-order valence-corrected chi connectivity index (χ3v) is 10.9. The Hall–Kier alpha value is -4.19. The maximum Gasteiger partial charge on any atom is 0.252 e. The lowest BCUT2D eigenvalue weighted by Gasteiger charge is -2.34. The fraction of sp³-hybridized carbons (Fsp3) is 0.829. The molecular formula is C41H82N14O12. The Labute approximate surface area is 392 Å². The Balaban J connectivity index is 2.68. The molecule has 11 atom stereocenters. The predicted octanol–water partition coefficient (Wildman–Crippen LogP) is -8.23. The number of unbranched alkanes of at least 4 members (excludes halogenated alkanes) is 2. The molecule has 0 aliphatic carbocycles. The quantitative estimate of drug-likeness (QED) is 0.0259. The van der Waals surface area contributed by atoms with Crippen molar-refractivity contribution in [3.05, 3.63) is 0 Å². The topological polar surface area (TPSA) is 448 Å². The zero-order valence-electron chi connectivity index (χ0n) is 39.1. The maximum absolute atomic E-state index is 13.5. The molecule has 1 fully saturated rings. The summed E-state index contributed by atoms with van der Waals surface area (Å²) in [7, 11) is 1.59. The fourth-order valence-corrected chi connectivity index (χ4v) is 6.80. The minimum atomic E-state index is -2.02. The van der Waals surface area contributed by atoms with Crippen LogP contribution in [0.2, 0.25) is 0 Å². The Bertz CT molecular complexity index is 1490. The molecule has 0 aromatic heterocycles. The van der Waals surface area contributed by atoms with E-state index in [2.05, 4.69) is 47.9 Å². The lowest BCUT2D eigenvalue weighted by atomic mass is 9.97. The van der Waals surface area contributed by atoms with Crippen molar-refractivity contribution in [3.63, 3.8) is 0 Å². The van der Waals surface area contributed by atoms with Crippen molar-refractivity contribution in [3.8, 4) is 0 Å². The summed E-state index contributed by atoms with van der Waals surface area (Å²) in [5.41, 5.74) is 28.3. The van der Waals surface area contributed by atoms with Crippen LogP contribution in [0.1, 0.15) is 77.6 Å². The smallest absolute Gasteiger partial charge is 0.252 e. The number of hydrogen-bond acceptors (Lipinski definition) is 19. The van der Waals surface area contributed by atoms with Crippen LogP contribution in [0.25, 0.3) is 0 Å². The maximum atomic E-state index is 13.5. The summed E-state index contributed by atoms with van der Waals surface area (Å²) in [6.07, 6.45) is -2.92. The molecule has 7 amide bonds. The number of carbonyl (C=O) groups is 7. The van der Waals surface area contributed by atoms with Crippen molar-refractivity contribution >= 4 is 41.4 Å². The van der Waals surface area contributed by atoms with Crippen molar-refractivity contribution in [1.29, 1.82) is 0 Å². The Morgan fingerprint density at radius 3 is 1.97 bits per heavy atom. The van der Waals surface area contributed by atoms with Gasteiger partial charge in [0.2, 0.25) is 35.4 Å². The van der Waals surface area contributed by atoms with E-state index in [-0.39, 0.29) is 51.4 Å². The first-order valence-electron chi connectivity index (χ1n) is 23.2. The third-order valence-electron chi connectivity index (χ3n) is 10.9. The van der Waals surface area contributed by atoms with Crippen LogP contribution in [0.4, 0.5) is 0 Å². The first-order valence-corrected chi connectivity index (χ1v) is 23.2. The number of hydrogen-bond donors (Lipinski definition) is 18. The van der Waals surface area contributed by atoms with Crippen molar-refractivity contribution in [2.45, 2.75) is 144 Å². The van der Waals surface area contributed by atoms with E-state index < -0.39 is 115 Å². The van der Waals surface area contributed by atoms with E-state index in [4.69, 9.17) is 33.4 Å².